The molecule has 0 spiro atoms. The second-order valence-electron chi connectivity index (χ2n) is 4.18. The smallest absolute Gasteiger partial charge is 0.218 e. The van der Waals surface area contributed by atoms with Crippen molar-refractivity contribution in [3.8, 4) is 11.5 Å². The Bertz CT molecular complexity index is 472. The average Bonchev–Trinajstić information content (AvgIpc) is 2.37. The molecule has 0 atom stereocenters. The molecule has 110 valence electrons. The number of hydrogen-bond donors (Lipinski definition) is 2. The minimum atomic E-state index is -0.602. The van der Waals surface area contributed by atoms with E-state index in [1.54, 1.807) is 25.3 Å². The van der Waals surface area contributed by atoms with Gasteiger partial charge in [-0.1, -0.05) is 6.07 Å². The number of ether oxygens (including phenoxy) is 2. The van der Waals surface area contributed by atoms with Crippen LogP contribution in [0.5, 0.6) is 11.5 Å². The molecule has 0 heterocycles. The second kappa shape index (κ2) is 7.37. The van der Waals surface area contributed by atoms with Gasteiger partial charge in [0.15, 0.2) is 11.5 Å². The van der Waals surface area contributed by atoms with Crippen molar-refractivity contribution in [3.05, 3.63) is 23.8 Å². The van der Waals surface area contributed by atoms with E-state index in [9.17, 15) is 9.59 Å². The van der Waals surface area contributed by atoms with Crippen molar-refractivity contribution in [3.63, 3.8) is 0 Å². The summed E-state index contributed by atoms with van der Waals surface area (Å²) >= 11 is 0. The van der Waals surface area contributed by atoms with Gasteiger partial charge < -0.3 is 20.1 Å². The molecule has 0 fully saturated rings. The van der Waals surface area contributed by atoms with Gasteiger partial charge in [0.1, 0.15) is 6.17 Å². The Morgan fingerprint density at radius 2 is 1.75 bits per heavy atom. The summed E-state index contributed by atoms with van der Waals surface area (Å²) in [4.78, 5) is 22.4. The highest BCUT2D eigenvalue weighted by atomic mass is 16.5. The molecule has 1 aromatic carbocycles. The van der Waals surface area contributed by atoms with Crippen molar-refractivity contribution < 1.29 is 19.1 Å². The van der Waals surface area contributed by atoms with Crippen LogP contribution in [0.3, 0.4) is 0 Å². The predicted octanol–water partition coefficient (Wildman–Crippen LogP) is 1.36. The van der Waals surface area contributed by atoms with Crippen molar-refractivity contribution in [2.45, 2.75) is 26.9 Å². The third-order valence-electron chi connectivity index (χ3n) is 2.52. The lowest BCUT2D eigenvalue weighted by molar-refractivity contribution is -0.122. The Kier molecular flexibility index (Phi) is 5.83. The summed E-state index contributed by atoms with van der Waals surface area (Å²) in [6.07, 6.45) is -0.602. The quantitative estimate of drug-likeness (QED) is 0.771. The molecule has 0 aliphatic heterocycles. The molecule has 0 bridgehead atoms. The molecule has 6 heteroatoms. The number of hydrogen-bond acceptors (Lipinski definition) is 4. The molecule has 0 saturated heterocycles. The lowest BCUT2D eigenvalue weighted by atomic mass is 10.1. The first-order valence-corrected chi connectivity index (χ1v) is 6.32. The number of methoxy groups -OCH3 is 1. The highest BCUT2D eigenvalue weighted by molar-refractivity contribution is 5.76. The number of nitrogens with one attached hydrogen (secondary N) is 2. The maximum atomic E-state index is 11.2. The molecule has 0 aromatic heterocycles. The van der Waals surface area contributed by atoms with Crippen LogP contribution in [0.1, 0.15) is 32.5 Å². The monoisotopic (exact) mass is 280 g/mol. The Hall–Kier alpha value is -2.24. The van der Waals surface area contributed by atoms with E-state index in [0.29, 0.717) is 23.7 Å². The first kappa shape index (κ1) is 15.8. The van der Waals surface area contributed by atoms with Gasteiger partial charge in [-0.25, -0.2) is 0 Å². The molecule has 0 aliphatic rings. The topological polar surface area (TPSA) is 76.7 Å². The molecule has 2 N–H and O–H groups in total. The molecule has 1 aromatic rings. The lowest BCUT2D eigenvalue weighted by Crippen LogP contribution is -2.39. The van der Waals surface area contributed by atoms with Crippen LogP contribution in [0.2, 0.25) is 0 Å². The Balaban J connectivity index is 3.08. The number of carbonyl (C=O) groups excluding carboxylic acids is 2. The summed E-state index contributed by atoms with van der Waals surface area (Å²) in [7, 11) is 1.55. The molecular weight excluding hydrogens is 260 g/mol. The largest absolute Gasteiger partial charge is 0.493 e. The number of rotatable bonds is 6. The SMILES string of the molecule is CCOc1cc(C(NC(C)=O)NC(C)=O)ccc1OC. The second-order valence-corrected chi connectivity index (χ2v) is 4.18. The van der Waals surface area contributed by atoms with Crippen molar-refractivity contribution in [2.75, 3.05) is 13.7 Å². The highest BCUT2D eigenvalue weighted by Gasteiger charge is 2.16. The Labute approximate surface area is 118 Å². The van der Waals surface area contributed by atoms with Gasteiger partial charge in [-0.05, 0) is 24.6 Å². The molecule has 0 radical (unpaired) electrons. The van der Waals surface area contributed by atoms with E-state index in [0.717, 1.165) is 0 Å². The third kappa shape index (κ3) is 4.46. The summed E-state index contributed by atoms with van der Waals surface area (Å²) in [6, 6.07) is 5.23. The normalized spacial score (nSPS) is 10.1. The molecular formula is C14H20N2O4. The van der Waals surface area contributed by atoms with Gasteiger partial charge in [-0.3, -0.25) is 9.59 Å². The van der Waals surface area contributed by atoms with Crippen LogP contribution in [-0.2, 0) is 9.59 Å². The van der Waals surface area contributed by atoms with Gasteiger partial charge >= 0.3 is 0 Å². The molecule has 0 saturated carbocycles. The van der Waals surface area contributed by atoms with E-state index in [1.807, 2.05) is 6.92 Å². The van der Waals surface area contributed by atoms with E-state index in [2.05, 4.69) is 10.6 Å². The highest BCUT2D eigenvalue weighted by Crippen LogP contribution is 2.29. The third-order valence-corrected chi connectivity index (χ3v) is 2.52. The molecule has 1 rings (SSSR count). The average molecular weight is 280 g/mol. The van der Waals surface area contributed by atoms with Gasteiger partial charge in [-0.2, -0.15) is 0 Å². The van der Waals surface area contributed by atoms with Gasteiger partial charge in [0.2, 0.25) is 11.8 Å². The van der Waals surface area contributed by atoms with Crippen molar-refractivity contribution in [1.82, 2.24) is 10.6 Å². The maximum absolute atomic E-state index is 11.2. The Morgan fingerprint density at radius 3 is 2.20 bits per heavy atom. The summed E-state index contributed by atoms with van der Waals surface area (Å²) in [5.41, 5.74) is 0.708. The zero-order valence-corrected chi connectivity index (χ0v) is 12.1. The van der Waals surface area contributed by atoms with Crippen LogP contribution in [-0.4, -0.2) is 25.5 Å². The zero-order valence-electron chi connectivity index (χ0n) is 12.1. The van der Waals surface area contributed by atoms with Crippen LogP contribution in [0.25, 0.3) is 0 Å². The van der Waals surface area contributed by atoms with E-state index >= 15 is 0 Å². The first-order valence-electron chi connectivity index (χ1n) is 6.32. The van der Waals surface area contributed by atoms with Gasteiger partial charge in [0.05, 0.1) is 13.7 Å². The lowest BCUT2D eigenvalue weighted by Gasteiger charge is -2.20. The van der Waals surface area contributed by atoms with E-state index in [-0.39, 0.29) is 11.8 Å². The fraction of sp³-hybridized carbons (Fsp3) is 0.429. The minimum absolute atomic E-state index is 0.238. The molecule has 0 unspecified atom stereocenters. The van der Waals surface area contributed by atoms with Gasteiger partial charge in [-0.15, -0.1) is 0 Å². The molecule has 0 aliphatic carbocycles. The van der Waals surface area contributed by atoms with Gasteiger partial charge in [0, 0.05) is 13.8 Å². The van der Waals surface area contributed by atoms with Crippen LogP contribution in [0, 0.1) is 0 Å². The molecule has 6 nitrogen and oxygen atoms in total. The number of amides is 2. The van der Waals surface area contributed by atoms with Crippen LogP contribution in [0.15, 0.2) is 18.2 Å². The van der Waals surface area contributed by atoms with E-state index < -0.39 is 6.17 Å². The summed E-state index contributed by atoms with van der Waals surface area (Å²) in [6.45, 7) is 5.14. The van der Waals surface area contributed by atoms with Crippen molar-refractivity contribution in [2.24, 2.45) is 0 Å². The van der Waals surface area contributed by atoms with Crippen LogP contribution < -0.4 is 20.1 Å². The first-order chi connectivity index (χ1) is 9.47. The Morgan fingerprint density at radius 1 is 1.15 bits per heavy atom. The van der Waals surface area contributed by atoms with Crippen molar-refractivity contribution in [1.29, 1.82) is 0 Å². The summed E-state index contributed by atoms with van der Waals surface area (Å²) in [5.74, 6) is 0.684. The zero-order chi connectivity index (χ0) is 15.1. The minimum Gasteiger partial charge on any atom is -0.493 e. The maximum Gasteiger partial charge on any atom is 0.218 e. The van der Waals surface area contributed by atoms with Gasteiger partial charge in [0.25, 0.3) is 0 Å². The summed E-state index contributed by atoms with van der Waals surface area (Å²) in [5, 5.41) is 5.33. The molecule has 20 heavy (non-hydrogen) atoms. The van der Waals surface area contributed by atoms with Crippen LogP contribution >= 0.6 is 0 Å². The van der Waals surface area contributed by atoms with E-state index in [4.69, 9.17) is 9.47 Å². The standard InChI is InChI=1S/C14H20N2O4/c1-5-20-13-8-11(6-7-12(13)19-4)14(15-9(2)17)16-10(3)18/h6-8,14H,5H2,1-4H3,(H,15,17)(H,16,18). The van der Waals surface area contributed by atoms with Crippen molar-refractivity contribution >= 4 is 11.8 Å². The fourth-order valence-electron chi connectivity index (χ4n) is 1.75. The van der Waals surface area contributed by atoms with E-state index in [1.165, 1.54) is 13.8 Å². The predicted molar refractivity (Wildman–Crippen MR) is 74.5 cm³/mol. The number of carbonyl (C=O) groups is 2. The summed E-state index contributed by atoms with van der Waals surface area (Å²) < 4.78 is 10.7. The number of benzene rings is 1. The van der Waals surface area contributed by atoms with Crippen LogP contribution in [0.4, 0.5) is 0 Å². The fourth-order valence-corrected chi connectivity index (χ4v) is 1.75. The molecule has 2 amide bonds.